The second-order valence-corrected chi connectivity index (χ2v) is 6.06. The number of carbonyl (C=O) groups excluding carboxylic acids is 5. The first-order chi connectivity index (χ1) is 13.8. The highest BCUT2D eigenvalue weighted by Crippen LogP contribution is 2.26. The number of nitrogens with zero attached hydrogens (tertiary/aromatic N) is 1. The lowest BCUT2D eigenvalue weighted by Crippen LogP contribution is -2.39. The van der Waals surface area contributed by atoms with Crippen molar-refractivity contribution in [3.05, 3.63) is 59.0 Å². The van der Waals surface area contributed by atoms with Crippen LogP contribution in [0.1, 0.15) is 43.8 Å². The highest BCUT2D eigenvalue weighted by atomic mass is 16.6. The minimum Gasteiger partial charge on any atom is -0.467 e. The van der Waals surface area contributed by atoms with Crippen molar-refractivity contribution in [1.82, 2.24) is 10.2 Å². The number of hydrogen-bond acceptors (Lipinski definition) is 8. The second kappa shape index (κ2) is 7.97. The minimum absolute atomic E-state index is 0.0255. The summed E-state index contributed by atoms with van der Waals surface area (Å²) >= 11 is 0. The van der Waals surface area contributed by atoms with Crippen molar-refractivity contribution in [2.45, 2.75) is 19.6 Å². The lowest BCUT2D eigenvalue weighted by Gasteiger charge is -2.12. The van der Waals surface area contributed by atoms with Crippen LogP contribution >= 0.6 is 0 Å². The SMILES string of the molecule is COC(=O)NC(=O)[C@H](C)OC(=O)c1ccc2c(c1)C(=O)N(Cc1ccco1)C2=O. The molecule has 150 valence electrons. The molecule has 1 aromatic carbocycles. The van der Waals surface area contributed by atoms with Gasteiger partial charge in [0.15, 0.2) is 6.10 Å². The maximum absolute atomic E-state index is 12.6. The summed E-state index contributed by atoms with van der Waals surface area (Å²) in [5.74, 6) is -2.42. The third-order valence-electron chi connectivity index (χ3n) is 4.16. The topological polar surface area (TPSA) is 132 Å². The van der Waals surface area contributed by atoms with Gasteiger partial charge in [-0.2, -0.15) is 0 Å². The van der Waals surface area contributed by atoms with E-state index in [1.165, 1.54) is 31.4 Å². The average molecular weight is 400 g/mol. The number of alkyl carbamates (subject to hydrolysis) is 1. The molecule has 4 amide bonds. The Labute approximate surface area is 164 Å². The smallest absolute Gasteiger partial charge is 0.413 e. The number of carbonyl (C=O) groups is 5. The molecule has 0 fully saturated rings. The largest absolute Gasteiger partial charge is 0.467 e. The van der Waals surface area contributed by atoms with Crippen LogP contribution in [0.5, 0.6) is 0 Å². The molecule has 0 aliphatic carbocycles. The molecular weight excluding hydrogens is 384 g/mol. The Balaban J connectivity index is 1.73. The van der Waals surface area contributed by atoms with Gasteiger partial charge in [0.1, 0.15) is 5.76 Å². The summed E-state index contributed by atoms with van der Waals surface area (Å²) in [4.78, 5) is 61.2. The van der Waals surface area contributed by atoms with E-state index in [1.54, 1.807) is 12.1 Å². The zero-order chi connectivity index (χ0) is 21.1. The van der Waals surface area contributed by atoms with E-state index < -0.39 is 35.9 Å². The van der Waals surface area contributed by atoms with Crippen molar-refractivity contribution in [3.8, 4) is 0 Å². The Morgan fingerprint density at radius 2 is 1.86 bits per heavy atom. The molecule has 1 aliphatic rings. The van der Waals surface area contributed by atoms with Crippen LogP contribution in [-0.2, 0) is 20.8 Å². The number of benzene rings is 1. The molecule has 0 unspecified atom stereocenters. The van der Waals surface area contributed by atoms with E-state index in [9.17, 15) is 24.0 Å². The molecular formula is C19H16N2O8. The van der Waals surface area contributed by atoms with Crippen LogP contribution in [0.3, 0.4) is 0 Å². The summed E-state index contributed by atoms with van der Waals surface area (Å²) in [6, 6.07) is 7.15. The molecule has 29 heavy (non-hydrogen) atoms. The van der Waals surface area contributed by atoms with E-state index in [0.29, 0.717) is 5.76 Å². The maximum atomic E-state index is 12.6. The van der Waals surface area contributed by atoms with Crippen molar-refractivity contribution in [3.63, 3.8) is 0 Å². The maximum Gasteiger partial charge on any atom is 0.413 e. The highest BCUT2D eigenvalue weighted by molar-refractivity contribution is 6.21. The molecule has 0 saturated heterocycles. The molecule has 0 radical (unpaired) electrons. The summed E-state index contributed by atoms with van der Waals surface area (Å²) in [5.41, 5.74) is 0.166. The number of esters is 1. The average Bonchev–Trinajstić information content (AvgIpc) is 3.30. The first-order valence-corrected chi connectivity index (χ1v) is 8.44. The van der Waals surface area contributed by atoms with Gasteiger partial charge >= 0.3 is 12.1 Å². The van der Waals surface area contributed by atoms with Crippen molar-refractivity contribution < 1.29 is 37.9 Å². The predicted molar refractivity (Wildman–Crippen MR) is 94.8 cm³/mol. The molecule has 10 nitrogen and oxygen atoms in total. The first-order valence-electron chi connectivity index (χ1n) is 8.44. The normalized spacial score (nSPS) is 13.7. The molecule has 2 heterocycles. The van der Waals surface area contributed by atoms with Crippen LogP contribution in [-0.4, -0.2) is 47.9 Å². The molecule has 1 atom stereocenters. The Morgan fingerprint density at radius 1 is 1.14 bits per heavy atom. The van der Waals surface area contributed by atoms with Gasteiger partial charge in [-0.25, -0.2) is 9.59 Å². The summed E-state index contributed by atoms with van der Waals surface area (Å²) in [7, 11) is 1.08. The summed E-state index contributed by atoms with van der Waals surface area (Å²) in [5, 5.41) is 1.88. The lowest BCUT2D eigenvalue weighted by molar-refractivity contribution is -0.128. The highest BCUT2D eigenvalue weighted by Gasteiger charge is 2.36. The Bertz CT molecular complexity index is 996. The van der Waals surface area contributed by atoms with Gasteiger partial charge in [0.2, 0.25) is 0 Å². The number of ether oxygens (including phenoxy) is 2. The molecule has 10 heteroatoms. The summed E-state index contributed by atoms with van der Waals surface area (Å²) in [6.07, 6.45) is -0.849. The number of rotatable bonds is 5. The van der Waals surface area contributed by atoms with Crippen molar-refractivity contribution >= 4 is 29.8 Å². The fraction of sp³-hybridized carbons (Fsp3) is 0.211. The standard InChI is InChI=1S/C19H16N2O8/c1-10(15(22)20-19(26)27-2)29-18(25)11-5-6-13-14(8-11)17(24)21(16(13)23)9-12-4-3-7-28-12/h3-8,10H,9H2,1-2H3,(H,20,22,26)/t10-/m0/s1. The van der Waals surface area contributed by atoms with Crippen molar-refractivity contribution in [2.75, 3.05) is 7.11 Å². The minimum atomic E-state index is -1.29. The Morgan fingerprint density at radius 3 is 2.52 bits per heavy atom. The molecule has 1 N–H and O–H groups in total. The molecule has 1 aliphatic heterocycles. The van der Waals surface area contributed by atoms with Crippen LogP contribution in [0.2, 0.25) is 0 Å². The fourth-order valence-electron chi connectivity index (χ4n) is 2.66. The first kappa shape index (κ1) is 19.8. The van der Waals surface area contributed by atoms with Gasteiger partial charge in [-0.05, 0) is 37.3 Å². The van der Waals surface area contributed by atoms with Crippen LogP contribution < -0.4 is 5.32 Å². The van der Waals surface area contributed by atoms with Crippen LogP contribution in [0.15, 0.2) is 41.0 Å². The van der Waals surface area contributed by atoms with E-state index >= 15 is 0 Å². The zero-order valence-electron chi connectivity index (χ0n) is 15.5. The number of fused-ring (bicyclic) bond motifs is 1. The number of furan rings is 1. The van der Waals surface area contributed by atoms with Crippen LogP contribution in [0.4, 0.5) is 4.79 Å². The molecule has 0 spiro atoms. The van der Waals surface area contributed by atoms with Gasteiger partial charge < -0.3 is 13.9 Å². The number of hydrogen-bond donors (Lipinski definition) is 1. The van der Waals surface area contributed by atoms with E-state index in [0.717, 1.165) is 12.0 Å². The number of imide groups is 2. The molecule has 0 saturated carbocycles. The lowest BCUT2D eigenvalue weighted by atomic mass is 10.1. The van der Waals surface area contributed by atoms with E-state index in [2.05, 4.69) is 4.74 Å². The molecule has 1 aromatic heterocycles. The Kier molecular flexibility index (Phi) is 5.44. The van der Waals surface area contributed by atoms with Gasteiger partial charge in [-0.3, -0.25) is 24.6 Å². The van der Waals surface area contributed by atoms with Gasteiger partial charge in [-0.15, -0.1) is 0 Å². The summed E-state index contributed by atoms with van der Waals surface area (Å²) < 4.78 is 14.4. The van der Waals surface area contributed by atoms with E-state index in [-0.39, 0.29) is 23.2 Å². The van der Waals surface area contributed by atoms with Crippen LogP contribution in [0, 0.1) is 0 Å². The Hall–Kier alpha value is -3.95. The zero-order valence-corrected chi connectivity index (χ0v) is 15.5. The van der Waals surface area contributed by atoms with Gasteiger partial charge in [-0.1, -0.05) is 0 Å². The van der Waals surface area contributed by atoms with Crippen molar-refractivity contribution in [2.24, 2.45) is 0 Å². The second-order valence-electron chi connectivity index (χ2n) is 6.06. The van der Waals surface area contributed by atoms with E-state index in [1.807, 2.05) is 5.32 Å². The third-order valence-corrected chi connectivity index (χ3v) is 4.16. The van der Waals surface area contributed by atoms with Crippen molar-refractivity contribution in [1.29, 1.82) is 0 Å². The molecule has 2 aromatic rings. The summed E-state index contributed by atoms with van der Waals surface area (Å²) in [6.45, 7) is 1.23. The van der Waals surface area contributed by atoms with Gasteiger partial charge in [0, 0.05) is 0 Å². The molecule has 0 bridgehead atoms. The number of amides is 4. The monoisotopic (exact) mass is 400 g/mol. The van der Waals surface area contributed by atoms with E-state index in [4.69, 9.17) is 9.15 Å². The third kappa shape index (κ3) is 4.00. The quantitative estimate of drug-likeness (QED) is 0.590. The van der Waals surface area contributed by atoms with Crippen LogP contribution in [0.25, 0.3) is 0 Å². The number of methoxy groups -OCH3 is 1. The number of nitrogens with one attached hydrogen (secondary N) is 1. The van der Waals surface area contributed by atoms with Gasteiger partial charge in [0.25, 0.3) is 17.7 Å². The predicted octanol–water partition coefficient (Wildman–Crippen LogP) is 1.50. The van der Waals surface area contributed by atoms with Gasteiger partial charge in [0.05, 0.1) is 36.6 Å². The fourth-order valence-corrected chi connectivity index (χ4v) is 2.66. The molecule has 3 rings (SSSR count).